The highest BCUT2D eigenvalue weighted by Crippen LogP contribution is 2.15. The van der Waals surface area contributed by atoms with Crippen LogP contribution in [0.25, 0.3) is 0 Å². The normalized spacial score (nSPS) is 19.6. The first-order valence-corrected chi connectivity index (χ1v) is 8.49. The summed E-state index contributed by atoms with van der Waals surface area (Å²) in [4.78, 5) is 7.14. The third-order valence-corrected chi connectivity index (χ3v) is 3.81. The molecule has 1 fully saturated rings. The first-order chi connectivity index (χ1) is 10.3. The minimum atomic E-state index is 0. The predicted octanol–water partition coefficient (Wildman–Crippen LogP) is 2.32. The molecule has 1 aliphatic rings. The summed E-state index contributed by atoms with van der Waals surface area (Å²) in [7, 11) is 1.73. The van der Waals surface area contributed by atoms with Crippen molar-refractivity contribution in [2.75, 3.05) is 53.0 Å². The van der Waals surface area contributed by atoms with Crippen molar-refractivity contribution in [1.29, 1.82) is 0 Å². The van der Waals surface area contributed by atoms with Crippen molar-refractivity contribution in [2.24, 2.45) is 10.9 Å². The quantitative estimate of drug-likeness (QED) is 0.257. The van der Waals surface area contributed by atoms with Gasteiger partial charge in [-0.3, -0.25) is 4.99 Å². The Bertz CT molecular complexity index is 289. The molecule has 5 nitrogen and oxygen atoms in total. The van der Waals surface area contributed by atoms with E-state index in [4.69, 9.17) is 4.74 Å². The zero-order valence-corrected chi connectivity index (χ0v) is 16.9. The summed E-state index contributed by atoms with van der Waals surface area (Å²) in [5.74, 6) is 1.80. The molecular formula is C16H35IN4O. The third kappa shape index (κ3) is 10.6. The Kier molecular flexibility index (Phi) is 14.5. The Labute approximate surface area is 153 Å². The van der Waals surface area contributed by atoms with E-state index in [1.54, 1.807) is 7.11 Å². The van der Waals surface area contributed by atoms with Crippen LogP contribution in [0.5, 0.6) is 0 Å². The summed E-state index contributed by atoms with van der Waals surface area (Å²) >= 11 is 0. The van der Waals surface area contributed by atoms with Crippen LogP contribution >= 0.6 is 24.0 Å². The maximum atomic E-state index is 5.04. The molecule has 0 amide bonds. The van der Waals surface area contributed by atoms with Crippen molar-refractivity contribution in [3.8, 4) is 0 Å². The highest BCUT2D eigenvalue weighted by molar-refractivity contribution is 14.0. The number of nitrogens with one attached hydrogen (secondary N) is 2. The summed E-state index contributed by atoms with van der Waals surface area (Å²) in [6, 6.07) is 0. The molecule has 1 rings (SSSR count). The molecule has 1 saturated heterocycles. The van der Waals surface area contributed by atoms with Crippen LogP contribution in [0.4, 0.5) is 0 Å². The zero-order valence-electron chi connectivity index (χ0n) is 14.6. The van der Waals surface area contributed by atoms with Crippen molar-refractivity contribution < 1.29 is 4.74 Å². The maximum Gasteiger partial charge on any atom is 0.191 e. The summed E-state index contributed by atoms with van der Waals surface area (Å²) in [6.07, 6.45) is 4.90. The van der Waals surface area contributed by atoms with Gasteiger partial charge in [0.25, 0.3) is 0 Å². The number of ether oxygens (including phenoxy) is 1. The smallest absolute Gasteiger partial charge is 0.191 e. The molecule has 1 heterocycles. The fraction of sp³-hybridized carbons (Fsp3) is 0.938. The lowest BCUT2D eigenvalue weighted by Gasteiger charge is -2.30. The van der Waals surface area contributed by atoms with Crippen LogP contribution in [0.2, 0.25) is 0 Å². The van der Waals surface area contributed by atoms with E-state index in [0.717, 1.165) is 44.5 Å². The van der Waals surface area contributed by atoms with Crippen LogP contribution in [0, 0.1) is 5.92 Å². The van der Waals surface area contributed by atoms with Crippen LogP contribution in [-0.4, -0.2) is 63.8 Å². The minimum Gasteiger partial charge on any atom is -0.385 e. The van der Waals surface area contributed by atoms with Crippen LogP contribution in [0.1, 0.15) is 39.5 Å². The zero-order chi connectivity index (χ0) is 15.3. The Hall–Kier alpha value is -0.0800. The van der Waals surface area contributed by atoms with Gasteiger partial charge in [-0.1, -0.05) is 6.92 Å². The van der Waals surface area contributed by atoms with E-state index in [9.17, 15) is 0 Å². The predicted molar refractivity (Wildman–Crippen MR) is 105 cm³/mol. The Morgan fingerprint density at radius 3 is 2.82 bits per heavy atom. The second kappa shape index (κ2) is 14.5. The van der Waals surface area contributed by atoms with Gasteiger partial charge in [-0.15, -0.1) is 24.0 Å². The van der Waals surface area contributed by atoms with E-state index >= 15 is 0 Å². The maximum absolute atomic E-state index is 5.04. The lowest BCUT2D eigenvalue weighted by atomic mass is 10.0. The number of piperidine rings is 1. The van der Waals surface area contributed by atoms with Gasteiger partial charge in [-0.2, -0.15) is 0 Å². The van der Waals surface area contributed by atoms with Crippen LogP contribution in [-0.2, 0) is 4.74 Å². The molecule has 132 valence electrons. The molecule has 0 saturated carbocycles. The average Bonchev–Trinajstić information content (AvgIpc) is 2.48. The largest absolute Gasteiger partial charge is 0.385 e. The van der Waals surface area contributed by atoms with E-state index in [0.29, 0.717) is 0 Å². The fourth-order valence-corrected chi connectivity index (χ4v) is 2.74. The summed E-state index contributed by atoms with van der Waals surface area (Å²) < 4.78 is 5.04. The van der Waals surface area contributed by atoms with Crippen LogP contribution in [0.3, 0.4) is 0 Å². The molecule has 0 aromatic rings. The second-order valence-corrected chi connectivity index (χ2v) is 5.94. The van der Waals surface area contributed by atoms with E-state index < -0.39 is 0 Å². The summed E-state index contributed by atoms with van der Waals surface area (Å²) in [5.41, 5.74) is 0. The molecular weight excluding hydrogens is 391 g/mol. The number of halogens is 1. The summed E-state index contributed by atoms with van der Waals surface area (Å²) in [6.45, 7) is 11.7. The molecule has 2 N–H and O–H groups in total. The van der Waals surface area contributed by atoms with Gasteiger partial charge in [0.2, 0.25) is 0 Å². The average molecular weight is 426 g/mol. The Morgan fingerprint density at radius 1 is 1.32 bits per heavy atom. The van der Waals surface area contributed by atoms with Gasteiger partial charge in [0.1, 0.15) is 0 Å². The number of rotatable bonds is 9. The van der Waals surface area contributed by atoms with E-state index in [1.165, 1.54) is 38.9 Å². The van der Waals surface area contributed by atoms with Gasteiger partial charge in [0, 0.05) is 39.9 Å². The second-order valence-electron chi connectivity index (χ2n) is 5.94. The lowest BCUT2D eigenvalue weighted by molar-refractivity contribution is 0.182. The number of hydrogen-bond donors (Lipinski definition) is 2. The van der Waals surface area contributed by atoms with Gasteiger partial charge < -0.3 is 20.3 Å². The Balaban J connectivity index is 0.00000441. The highest BCUT2D eigenvalue weighted by Gasteiger charge is 2.15. The lowest BCUT2D eigenvalue weighted by Crippen LogP contribution is -2.40. The molecule has 0 spiro atoms. The van der Waals surface area contributed by atoms with E-state index in [2.05, 4.69) is 34.4 Å². The van der Waals surface area contributed by atoms with Crippen molar-refractivity contribution in [3.63, 3.8) is 0 Å². The molecule has 0 aromatic carbocycles. The Morgan fingerprint density at radius 2 is 2.14 bits per heavy atom. The molecule has 6 heteroatoms. The van der Waals surface area contributed by atoms with E-state index in [-0.39, 0.29) is 24.0 Å². The molecule has 0 radical (unpaired) electrons. The number of guanidine groups is 1. The topological polar surface area (TPSA) is 48.9 Å². The SMILES string of the molecule is CCNC(=NCCCOC)NCCCN1CCCC(C)C1.I. The molecule has 0 aliphatic carbocycles. The summed E-state index contributed by atoms with van der Waals surface area (Å²) in [5, 5.41) is 6.71. The number of aliphatic imine (C=N–C) groups is 1. The van der Waals surface area contributed by atoms with Crippen LogP contribution < -0.4 is 10.6 Å². The van der Waals surface area contributed by atoms with Crippen molar-refractivity contribution in [1.82, 2.24) is 15.5 Å². The first kappa shape index (κ1) is 21.9. The third-order valence-electron chi connectivity index (χ3n) is 3.81. The fourth-order valence-electron chi connectivity index (χ4n) is 2.74. The van der Waals surface area contributed by atoms with Gasteiger partial charge in [0.15, 0.2) is 5.96 Å². The number of likely N-dealkylation sites (tertiary alicyclic amines) is 1. The van der Waals surface area contributed by atoms with Gasteiger partial charge in [-0.05, 0) is 51.6 Å². The highest BCUT2D eigenvalue weighted by atomic mass is 127. The van der Waals surface area contributed by atoms with Crippen molar-refractivity contribution in [2.45, 2.75) is 39.5 Å². The molecule has 0 bridgehead atoms. The molecule has 22 heavy (non-hydrogen) atoms. The van der Waals surface area contributed by atoms with Crippen molar-refractivity contribution in [3.05, 3.63) is 0 Å². The van der Waals surface area contributed by atoms with Gasteiger partial charge in [0.05, 0.1) is 0 Å². The molecule has 1 unspecified atom stereocenters. The monoisotopic (exact) mass is 426 g/mol. The van der Waals surface area contributed by atoms with Crippen molar-refractivity contribution >= 4 is 29.9 Å². The minimum absolute atomic E-state index is 0. The number of nitrogens with zero attached hydrogens (tertiary/aromatic N) is 2. The standard InChI is InChI=1S/C16H34N4O.HI/c1-4-17-16(19-10-7-13-21-3)18-9-6-12-20-11-5-8-15(2)14-20;/h15H,4-14H2,1-3H3,(H2,17,18,19);1H. The van der Waals surface area contributed by atoms with Gasteiger partial charge in [-0.25, -0.2) is 0 Å². The van der Waals surface area contributed by atoms with E-state index in [1.807, 2.05) is 0 Å². The van der Waals surface area contributed by atoms with Crippen LogP contribution in [0.15, 0.2) is 4.99 Å². The molecule has 1 aliphatic heterocycles. The molecule has 1 atom stereocenters. The molecule has 0 aromatic heterocycles. The number of methoxy groups -OCH3 is 1. The number of hydrogen-bond acceptors (Lipinski definition) is 3. The first-order valence-electron chi connectivity index (χ1n) is 8.49. The van der Waals surface area contributed by atoms with Gasteiger partial charge >= 0.3 is 0 Å².